The molecule has 1 aliphatic heterocycles. The zero-order chi connectivity index (χ0) is 17.6. The molecule has 1 aliphatic rings. The highest BCUT2D eigenvalue weighted by molar-refractivity contribution is 5.94. The van der Waals surface area contributed by atoms with Gasteiger partial charge < -0.3 is 14.7 Å². The molecule has 0 atom stereocenters. The number of hydrogen-bond acceptors (Lipinski definition) is 5. The molecule has 0 saturated carbocycles. The van der Waals surface area contributed by atoms with Crippen LogP contribution in [0.15, 0.2) is 43.0 Å². The van der Waals surface area contributed by atoms with E-state index in [-0.39, 0.29) is 5.91 Å². The van der Waals surface area contributed by atoms with Crippen LogP contribution in [-0.4, -0.2) is 72.5 Å². The van der Waals surface area contributed by atoms with Gasteiger partial charge in [0.1, 0.15) is 0 Å². The molecule has 0 aliphatic carbocycles. The van der Waals surface area contributed by atoms with E-state index in [0.29, 0.717) is 12.1 Å². The molecule has 2 aromatic heterocycles. The average Bonchev–Trinajstić information content (AvgIpc) is 2.67. The number of piperazine rings is 1. The first-order valence-corrected chi connectivity index (χ1v) is 8.66. The summed E-state index contributed by atoms with van der Waals surface area (Å²) in [7, 11) is 3.97. The van der Waals surface area contributed by atoms with Gasteiger partial charge in [0.25, 0.3) is 5.91 Å². The Bertz CT molecular complexity index is 698. The molecule has 25 heavy (non-hydrogen) atoms. The van der Waals surface area contributed by atoms with Crippen LogP contribution in [0.3, 0.4) is 0 Å². The summed E-state index contributed by atoms with van der Waals surface area (Å²) in [5.74, 6) is 0.0116. The number of likely N-dealkylation sites (N-methyl/N-ethyl adjacent to an activating group) is 2. The van der Waals surface area contributed by atoms with Crippen molar-refractivity contribution >= 4 is 11.6 Å². The number of pyridine rings is 2. The molecule has 1 saturated heterocycles. The van der Waals surface area contributed by atoms with Gasteiger partial charge in [0.15, 0.2) is 0 Å². The van der Waals surface area contributed by atoms with Crippen molar-refractivity contribution in [3.63, 3.8) is 0 Å². The molecule has 6 heteroatoms. The summed E-state index contributed by atoms with van der Waals surface area (Å²) >= 11 is 0. The SMILES string of the molecule is CN1CCN(c2cncc(C(=O)N(C)CCc3ccncc3)c2)CC1. The normalized spacial score (nSPS) is 15.2. The van der Waals surface area contributed by atoms with E-state index in [9.17, 15) is 4.79 Å². The molecule has 0 aromatic carbocycles. The molecule has 1 amide bonds. The van der Waals surface area contributed by atoms with Gasteiger partial charge in [0.2, 0.25) is 0 Å². The molecule has 0 radical (unpaired) electrons. The molecule has 2 aromatic rings. The Kier molecular flexibility index (Phi) is 5.60. The quantitative estimate of drug-likeness (QED) is 0.827. The summed E-state index contributed by atoms with van der Waals surface area (Å²) < 4.78 is 0. The molecule has 0 spiro atoms. The number of amides is 1. The third-order valence-corrected chi connectivity index (χ3v) is 4.67. The standard InChI is InChI=1S/C19H25N5O/c1-22-9-11-24(12-10-22)18-13-17(14-21-15-18)19(25)23(2)8-5-16-3-6-20-7-4-16/h3-4,6-7,13-15H,5,8-12H2,1-2H3. The molecule has 132 valence electrons. The van der Waals surface area contributed by atoms with E-state index < -0.39 is 0 Å². The lowest BCUT2D eigenvalue weighted by molar-refractivity contribution is 0.0796. The van der Waals surface area contributed by atoms with Gasteiger partial charge in [-0.05, 0) is 37.2 Å². The second kappa shape index (κ2) is 8.07. The van der Waals surface area contributed by atoms with Crippen molar-refractivity contribution in [3.05, 3.63) is 54.1 Å². The number of carbonyl (C=O) groups is 1. The molecule has 3 heterocycles. The van der Waals surface area contributed by atoms with Crippen molar-refractivity contribution in [2.45, 2.75) is 6.42 Å². The molecule has 6 nitrogen and oxygen atoms in total. The number of aromatic nitrogens is 2. The van der Waals surface area contributed by atoms with Gasteiger partial charge in [-0.25, -0.2) is 0 Å². The molecule has 0 bridgehead atoms. The minimum Gasteiger partial charge on any atom is -0.368 e. The number of nitrogens with zero attached hydrogens (tertiary/aromatic N) is 5. The highest BCUT2D eigenvalue weighted by Gasteiger charge is 2.17. The minimum atomic E-state index is 0.0116. The highest BCUT2D eigenvalue weighted by Crippen LogP contribution is 2.17. The van der Waals surface area contributed by atoms with Crippen molar-refractivity contribution in [1.82, 2.24) is 19.8 Å². The zero-order valence-electron chi connectivity index (χ0n) is 14.9. The van der Waals surface area contributed by atoms with Crippen LogP contribution < -0.4 is 4.90 Å². The zero-order valence-corrected chi connectivity index (χ0v) is 14.9. The summed E-state index contributed by atoms with van der Waals surface area (Å²) in [6.07, 6.45) is 7.88. The predicted molar refractivity (Wildman–Crippen MR) is 98.8 cm³/mol. The Morgan fingerprint density at radius 2 is 1.84 bits per heavy atom. The minimum absolute atomic E-state index is 0.0116. The van der Waals surface area contributed by atoms with E-state index in [1.807, 2.05) is 31.4 Å². The average molecular weight is 339 g/mol. The van der Waals surface area contributed by atoms with E-state index in [4.69, 9.17) is 0 Å². The Morgan fingerprint density at radius 1 is 1.12 bits per heavy atom. The smallest absolute Gasteiger partial charge is 0.255 e. The van der Waals surface area contributed by atoms with Crippen LogP contribution in [0.1, 0.15) is 15.9 Å². The lowest BCUT2D eigenvalue weighted by Crippen LogP contribution is -2.44. The Labute approximate surface area is 149 Å². The van der Waals surface area contributed by atoms with Gasteiger partial charge in [0.05, 0.1) is 17.4 Å². The second-order valence-electron chi connectivity index (χ2n) is 6.55. The van der Waals surface area contributed by atoms with E-state index >= 15 is 0 Å². The van der Waals surface area contributed by atoms with E-state index in [1.165, 1.54) is 5.56 Å². The van der Waals surface area contributed by atoms with Crippen LogP contribution in [-0.2, 0) is 6.42 Å². The summed E-state index contributed by atoms with van der Waals surface area (Å²) in [5, 5.41) is 0. The van der Waals surface area contributed by atoms with Crippen LogP contribution >= 0.6 is 0 Å². The van der Waals surface area contributed by atoms with Crippen LogP contribution in [0.25, 0.3) is 0 Å². The molecule has 3 rings (SSSR count). The first-order valence-electron chi connectivity index (χ1n) is 8.66. The maximum Gasteiger partial charge on any atom is 0.255 e. The first-order chi connectivity index (χ1) is 12.1. The second-order valence-corrected chi connectivity index (χ2v) is 6.55. The van der Waals surface area contributed by atoms with Crippen molar-refractivity contribution in [2.75, 3.05) is 51.7 Å². The Morgan fingerprint density at radius 3 is 2.56 bits per heavy atom. The monoisotopic (exact) mass is 339 g/mol. The highest BCUT2D eigenvalue weighted by atomic mass is 16.2. The fourth-order valence-corrected chi connectivity index (χ4v) is 2.95. The van der Waals surface area contributed by atoms with Gasteiger partial charge in [-0.15, -0.1) is 0 Å². The Balaban J connectivity index is 1.62. The number of carbonyl (C=O) groups excluding carboxylic acids is 1. The summed E-state index contributed by atoms with van der Waals surface area (Å²) in [6, 6.07) is 5.92. The maximum absolute atomic E-state index is 12.7. The Hall–Kier alpha value is -2.47. The van der Waals surface area contributed by atoms with Gasteiger partial charge in [-0.2, -0.15) is 0 Å². The number of anilines is 1. The fraction of sp³-hybridized carbons (Fsp3) is 0.421. The topological polar surface area (TPSA) is 52.6 Å². The maximum atomic E-state index is 12.7. The summed E-state index contributed by atoms with van der Waals surface area (Å²) in [4.78, 5) is 27.4. The van der Waals surface area contributed by atoms with E-state index in [1.54, 1.807) is 23.5 Å². The van der Waals surface area contributed by atoms with Crippen molar-refractivity contribution in [3.8, 4) is 0 Å². The lowest BCUT2D eigenvalue weighted by Gasteiger charge is -2.34. The van der Waals surface area contributed by atoms with E-state index in [2.05, 4.69) is 26.8 Å². The van der Waals surface area contributed by atoms with Crippen LogP contribution in [0.4, 0.5) is 5.69 Å². The largest absolute Gasteiger partial charge is 0.368 e. The summed E-state index contributed by atoms with van der Waals surface area (Å²) in [6.45, 7) is 4.66. The van der Waals surface area contributed by atoms with Gasteiger partial charge in [-0.3, -0.25) is 14.8 Å². The molecular formula is C19H25N5O. The van der Waals surface area contributed by atoms with Crippen molar-refractivity contribution in [2.24, 2.45) is 0 Å². The first kappa shape index (κ1) is 17.4. The van der Waals surface area contributed by atoms with E-state index in [0.717, 1.165) is 38.3 Å². The molecule has 1 fully saturated rings. The van der Waals surface area contributed by atoms with Gasteiger partial charge >= 0.3 is 0 Å². The number of rotatable bonds is 5. The van der Waals surface area contributed by atoms with Crippen LogP contribution in [0, 0.1) is 0 Å². The third-order valence-electron chi connectivity index (χ3n) is 4.67. The van der Waals surface area contributed by atoms with Gasteiger partial charge in [0, 0.05) is 58.4 Å². The molecular weight excluding hydrogens is 314 g/mol. The summed E-state index contributed by atoms with van der Waals surface area (Å²) in [5.41, 5.74) is 2.86. The lowest BCUT2D eigenvalue weighted by atomic mass is 10.1. The third kappa shape index (κ3) is 4.54. The van der Waals surface area contributed by atoms with Gasteiger partial charge in [-0.1, -0.05) is 0 Å². The van der Waals surface area contributed by atoms with Crippen LogP contribution in [0.2, 0.25) is 0 Å². The predicted octanol–water partition coefficient (Wildman–Crippen LogP) is 1.54. The van der Waals surface area contributed by atoms with Crippen molar-refractivity contribution < 1.29 is 4.79 Å². The number of hydrogen-bond donors (Lipinski definition) is 0. The van der Waals surface area contributed by atoms with Crippen LogP contribution in [0.5, 0.6) is 0 Å². The molecule has 0 unspecified atom stereocenters. The molecule has 0 N–H and O–H groups in total. The van der Waals surface area contributed by atoms with Crippen molar-refractivity contribution in [1.29, 1.82) is 0 Å². The fourth-order valence-electron chi connectivity index (χ4n) is 2.95.